The van der Waals surface area contributed by atoms with Gasteiger partial charge in [-0.05, 0) is 42.5 Å². The van der Waals surface area contributed by atoms with Crippen molar-refractivity contribution in [3.63, 3.8) is 0 Å². The molecule has 1 aliphatic heterocycles. The lowest BCUT2D eigenvalue weighted by atomic mass is 10.1. The van der Waals surface area contributed by atoms with Gasteiger partial charge in [-0.1, -0.05) is 18.2 Å². The quantitative estimate of drug-likeness (QED) is 0.556. The van der Waals surface area contributed by atoms with E-state index in [1.165, 1.54) is 28.8 Å². The molecule has 0 atom stereocenters. The molecule has 32 heavy (non-hydrogen) atoms. The summed E-state index contributed by atoms with van der Waals surface area (Å²) >= 11 is 0. The van der Waals surface area contributed by atoms with Crippen LogP contribution >= 0.6 is 0 Å². The zero-order chi connectivity index (χ0) is 22.7. The Hall–Kier alpha value is -3.30. The number of carbonyl (C=O) groups excluding carboxylic acids is 1. The van der Waals surface area contributed by atoms with E-state index >= 15 is 0 Å². The number of amides is 1. The summed E-state index contributed by atoms with van der Waals surface area (Å²) in [5, 5.41) is 4.65. The molecule has 1 saturated heterocycles. The Morgan fingerprint density at radius 1 is 1.00 bits per heavy atom. The first-order valence-corrected chi connectivity index (χ1v) is 12.0. The Morgan fingerprint density at radius 2 is 1.66 bits per heavy atom. The smallest absolute Gasteiger partial charge is 0.246 e. The minimum Gasteiger partial charge on any atom is -0.337 e. The van der Waals surface area contributed by atoms with Crippen LogP contribution in [0.5, 0.6) is 0 Å². The van der Waals surface area contributed by atoms with Gasteiger partial charge in [0.2, 0.25) is 15.9 Å². The van der Waals surface area contributed by atoms with Crippen LogP contribution < -0.4 is 0 Å². The lowest BCUT2D eigenvalue weighted by Crippen LogP contribution is -2.49. The average molecular weight is 455 g/mol. The third-order valence-electron chi connectivity index (χ3n) is 5.31. The minimum atomic E-state index is -3.25. The molecule has 4 rings (SSSR count). The molecule has 166 valence electrons. The maximum absolute atomic E-state index is 13.4. The van der Waals surface area contributed by atoms with Gasteiger partial charge in [0.1, 0.15) is 5.82 Å². The van der Waals surface area contributed by atoms with Crippen LogP contribution in [-0.2, 0) is 14.8 Å². The number of sulfonamides is 1. The van der Waals surface area contributed by atoms with E-state index in [2.05, 4.69) is 5.10 Å². The Bertz CT molecular complexity index is 1230. The van der Waals surface area contributed by atoms with Crippen LogP contribution in [0.1, 0.15) is 5.56 Å². The molecule has 0 unspecified atom stereocenters. The van der Waals surface area contributed by atoms with Crippen LogP contribution in [0.25, 0.3) is 23.0 Å². The molecule has 7 nitrogen and oxygen atoms in total. The van der Waals surface area contributed by atoms with Crippen molar-refractivity contribution in [3.8, 4) is 16.9 Å². The van der Waals surface area contributed by atoms with Gasteiger partial charge in [0.25, 0.3) is 0 Å². The summed E-state index contributed by atoms with van der Waals surface area (Å²) in [5.41, 5.74) is 2.93. The topological polar surface area (TPSA) is 75.5 Å². The van der Waals surface area contributed by atoms with Crippen molar-refractivity contribution < 1.29 is 17.6 Å². The normalized spacial score (nSPS) is 15.4. The van der Waals surface area contributed by atoms with E-state index in [0.717, 1.165) is 11.3 Å². The highest BCUT2D eigenvalue weighted by Crippen LogP contribution is 2.25. The maximum Gasteiger partial charge on any atom is 0.246 e. The van der Waals surface area contributed by atoms with Crippen molar-refractivity contribution in [3.05, 3.63) is 78.3 Å². The fraction of sp³-hybridized carbons (Fsp3) is 0.217. The molecule has 1 aliphatic rings. The SMILES string of the molecule is CS(=O)(=O)N1CCN(C(=O)/C=C/c2cn(-c3ccccc3)nc2-c2ccc(F)cc2)CC1. The lowest BCUT2D eigenvalue weighted by molar-refractivity contribution is -0.127. The van der Waals surface area contributed by atoms with E-state index in [0.29, 0.717) is 24.3 Å². The summed E-state index contributed by atoms with van der Waals surface area (Å²) in [7, 11) is -3.25. The van der Waals surface area contributed by atoms with E-state index < -0.39 is 10.0 Å². The Morgan fingerprint density at radius 3 is 2.28 bits per heavy atom. The number of halogens is 1. The number of carbonyl (C=O) groups is 1. The van der Waals surface area contributed by atoms with E-state index in [1.54, 1.807) is 27.8 Å². The van der Waals surface area contributed by atoms with Gasteiger partial charge in [-0.25, -0.2) is 17.5 Å². The lowest BCUT2D eigenvalue weighted by Gasteiger charge is -2.32. The first-order chi connectivity index (χ1) is 15.3. The summed E-state index contributed by atoms with van der Waals surface area (Å²) in [6.07, 6.45) is 6.15. The highest BCUT2D eigenvalue weighted by atomic mass is 32.2. The van der Waals surface area contributed by atoms with Crippen LogP contribution in [-0.4, -0.2) is 65.7 Å². The minimum absolute atomic E-state index is 0.198. The molecule has 0 spiro atoms. The van der Waals surface area contributed by atoms with Crippen LogP contribution in [0.3, 0.4) is 0 Å². The zero-order valence-electron chi connectivity index (χ0n) is 17.6. The van der Waals surface area contributed by atoms with Crippen LogP contribution in [0, 0.1) is 5.82 Å². The van der Waals surface area contributed by atoms with Gasteiger partial charge >= 0.3 is 0 Å². The second-order valence-corrected chi connectivity index (χ2v) is 9.52. The summed E-state index contributed by atoms with van der Waals surface area (Å²) in [6, 6.07) is 15.6. The first kappa shape index (κ1) is 21.9. The highest BCUT2D eigenvalue weighted by Gasteiger charge is 2.25. The Balaban J connectivity index is 1.58. The molecule has 0 aliphatic carbocycles. The molecule has 2 heterocycles. The number of benzene rings is 2. The molecule has 0 saturated carbocycles. The van der Waals surface area contributed by atoms with Crippen molar-refractivity contribution in [2.24, 2.45) is 0 Å². The fourth-order valence-corrected chi connectivity index (χ4v) is 4.39. The standard InChI is InChI=1S/C23H23FN4O3S/c1-32(30,31)27-15-13-26(14-16-27)22(29)12-9-19-17-28(21-5-3-2-4-6-21)25-23(19)18-7-10-20(24)11-8-18/h2-12,17H,13-16H2,1H3/b12-9+. The van der Waals surface area contributed by atoms with E-state index in [4.69, 9.17) is 0 Å². The van der Waals surface area contributed by atoms with Gasteiger partial charge in [0.05, 0.1) is 17.6 Å². The molecular weight excluding hydrogens is 431 g/mol. The first-order valence-electron chi connectivity index (χ1n) is 10.1. The summed E-state index contributed by atoms with van der Waals surface area (Å²) < 4.78 is 39.8. The predicted molar refractivity (Wildman–Crippen MR) is 121 cm³/mol. The highest BCUT2D eigenvalue weighted by molar-refractivity contribution is 7.88. The number of para-hydroxylation sites is 1. The molecule has 1 amide bonds. The molecule has 0 bridgehead atoms. The molecule has 1 aromatic heterocycles. The number of hydrogen-bond acceptors (Lipinski definition) is 4. The van der Waals surface area contributed by atoms with Gasteiger partial charge in [0, 0.05) is 49.6 Å². The molecule has 1 fully saturated rings. The molecule has 0 N–H and O–H groups in total. The zero-order valence-corrected chi connectivity index (χ0v) is 18.4. The van der Waals surface area contributed by atoms with Crippen molar-refractivity contribution in [1.82, 2.24) is 19.0 Å². The van der Waals surface area contributed by atoms with Crippen molar-refractivity contribution in [1.29, 1.82) is 0 Å². The number of aromatic nitrogens is 2. The predicted octanol–water partition coefficient (Wildman–Crippen LogP) is 2.80. The average Bonchev–Trinajstić information content (AvgIpc) is 3.22. The van der Waals surface area contributed by atoms with E-state index in [-0.39, 0.29) is 24.8 Å². The number of nitrogens with zero attached hydrogens (tertiary/aromatic N) is 4. The van der Waals surface area contributed by atoms with Gasteiger partial charge in [-0.2, -0.15) is 9.40 Å². The Labute approximate surface area is 186 Å². The third kappa shape index (κ3) is 4.95. The molecular formula is C23H23FN4O3S. The van der Waals surface area contributed by atoms with Crippen molar-refractivity contribution >= 4 is 22.0 Å². The molecule has 3 aromatic rings. The van der Waals surface area contributed by atoms with Crippen LogP contribution in [0.15, 0.2) is 66.9 Å². The van der Waals surface area contributed by atoms with E-state index in [1.807, 2.05) is 36.5 Å². The van der Waals surface area contributed by atoms with Crippen molar-refractivity contribution in [2.45, 2.75) is 0 Å². The van der Waals surface area contributed by atoms with E-state index in [9.17, 15) is 17.6 Å². The Kier molecular flexibility index (Phi) is 6.20. The third-order valence-corrected chi connectivity index (χ3v) is 6.61. The second-order valence-electron chi connectivity index (χ2n) is 7.54. The molecule has 9 heteroatoms. The summed E-state index contributed by atoms with van der Waals surface area (Å²) in [4.78, 5) is 14.3. The largest absolute Gasteiger partial charge is 0.337 e. The van der Waals surface area contributed by atoms with Crippen LogP contribution in [0.4, 0.5) is 4.39 Å². The monoisotopic (exact) mass is 454 g/mol. The van der Waals surface area contributed by atoms with Crippen molar-refractivity contribution in [2.75, 3.05) is 32.4 Å². The summed E-state index contributed by atoms with van der Waals surface area (Å²) in [6.45, 7) is 1.24. The van der Waals surface area contributed by atoms with Gasteiger partial charge in [-0.15, -0.1) is 0 Å². The second kappa shape index (κ2) is 9.05. The van der Waals surface area contributed by atoms with Gasteiger partial charge < -0.3 is 4.90 Å². The number of piperazine rings is 1. The summed E-state index contributed by atoms with van der Waals surface area (Å²) in [5.74, 6) is -0.535. The molecule has 2 aromatic carbocycles. The van der Waals surface area contributed by atoms with Gasteiger partial charge in [0.15, 0.2) is 0 Å². The molecule has 0 radical (unpaired) electrons. The number of rotatable bonds is 5. The number of hydrogen-bond donors (Lipinski definition) is 0. The maximum atomic E-state index is 13.4. The van der Waals surface area contributed by atoms with Crippen LogP contribution in [0.2, 0.25) is 0 Å². The fourth-order valence-electron chi connectivity index (χ4n) is 3.56. The van der Waals surface area contributed by atoms with Gasteiger partial charge in [-0.3, -0.25) is 4.79 Å².